The van der Waals surface area contributed by atoms with Crippen LogP contribution in [0.2, 0.25) is 0 Å². The van der Waals surface area contributed by atoms with Crippen LogP contribution in [0.4, 0.5) is 0 Å². The Morgan fingerprint density at radius 1 is 1.30 bits per heavy atom. The molecule has 56 valence electrons. The molecule has 2 nitrogen and oxygen atoms in total. The molecule has 0 unspecified atom stereocenters. The second-order valence-corrected chi connectivity index (χ2v) is 3.50. The molecule has 1 saturated carbocycles. The first-order valence-corrected chi connectivity index (χ1v) is 3.96. The van der Waals surface area contributed by atoms with E-state index < -0.39 is 0 Å². The number of ether oxygens (including phenoxy) is 1. The van der Waals surface area contributed by atoms with E-state index in [1.807, 2.05) is 0 Å². The highest BCUT2D eigenvalue weighted by Gasteiger charge is 2.41. The fourth-order valence-corrected chi connectivity index (χ4v) is 1.93. The molecule has 2 fully saturated rings. The van der Waals surface area contributed by atoms with E-state index in [1.165, 1.54) is 19.3 Å². The van der Waals surface area contributed by atoms with E-state index in [0.29, 0.717) is 18.4 Å². The van der Waals surface area contributed by atoms with Gasteiger partial charge in [0.25, 0.3) is 0 Å². The lowest BCUT2D eigenvalue weighted by atomic mass is 9.64. The molecular formula is C8H12O2. The van der Waals surface area contributed by atoms with E-state index in [4.69, 9.17) is 4.74 Å². The van der Waals surface area contributed by atoms with E-state index in [0.717, 1.165) is 6.42 Å². The minimum absolute atomic E-state index is 0.0194. The fraction of sp³-hybridized carbons (Fsp3) is 0.875. The molecule has 2 rings (SSSR count). The van der Waals surface area contributed by atoms with Crippen molar-refractivity contribution in [3.05, 3.63) is 0 Å². The second kappa shape index (κ2) is 1.97. The van der Waals surface area contributed by atoms with Crippen molar-refractivity contribution < 1.29 is 9.53 Å². The van der Waals surface area contributed by atoms with Crippen molar-refractivity contribution in [2.45, 2.75) is 32.1 Å². The number of hydrogen-bond acceptors (Lipinski definition) is 2. The standard InChI is InChI=1S/C8H12O2/c9-7-6-8(2-1-3-8)4-5-10-7/h1-6H2. The average molecular weight is 140 g/mol. The van der Waals surface area contributed by atoms with Crippen LogP contribution in [0.15, 0.2) is 0 Å². The monoisotopic (exact) mass is 140 g/mol. The van der Waals surface area contributed by atoms with Crippen LogP contribution >= 0.6 is 0 Å². The first-order valence-electron chi connectivity index (χ1n) is 3.96. The topological polar surface area (TPSA) is 26.3 Å². The summed E-state index contributed by atoms with van der Waals surface area (Å²) in [6.45, 7) is 0.666. The van der Waals surface area contributed by atoms with Crippen molar-refractivity contribution in [1.29, 1.82) is 0 Å². The van der Waals surface area contributed by atoms with Crippen LogP contribution in [0.25, 0.3) is 0 Å². The number of carbonyl (C=O) groups is 1. The summed E-state index contributed by atoms with van der Waals surface area (Å²) in [6.07, 6.45) is 5.61. The molecule has 0 aromatic heterocycles. The summed E-state index contributed by atoms with van der Waals surface area (Å²) in [5.74, 6) is 0.0194. The molecule has 0 aromatic carbocycles. The Morgan fingerprint density at radius 2 is 2.10 bits per heavy atom. The zero-order valence-electron chi connectivity index (χ0n) is 6.06. The summed E-state index contributed by atoms with van der Waals surface area (Å²) in [5.41, 5.74) is 0.398. The maximum atomic E-state index is 10.8. The molecular weight excluding hydrogens is 128 g/mol. The van der Waals surface area contributed by atoms with E-state index in [9.17, 15) is 4.79 Å². The molecule has 0 bridgehead atoms. The number of esters is 1. The number of hydrogen-bond donors (Lipinski definition) is 0. The summed E-state index contributed by atoms with van der Waals surface area (Å²) >= 11 is 0. The summed E-state index contributed by atoms with van der Waals surface area (Å²) in [7, 11) is 0. The maximum Gasteiger partial charge on any atom is 0.306 e. The van der Waals surface area contributed by atoms with Crippen molar-refractivity contribution >= 4 is 5.97 Å². The second-order valence-electron chi connectivity index (χ2n) is 3.50. The van der Waals surface area contributed by atoms with Gasteiger partial charge in [-0.15, -0.1) is 0 Å². The average Bonchev–Trinajstić information content (AvgIpc) is 1.85. The van der Waals surface area contributed by atoms with Crippen LogP contribution in [0.3, 0.4) is 0 Å². The molecule has 0 aromatic rings. The highest BCUT2D eigenvalue weighted by molar-refractivity contribution is 5.71. The van der Waals surface area contributed by atoms with Crippen LogP contribution in [0.1, 0.15) is 32.1 Å². The van der Waals surface area contributed by atoms with E-state index in [2.05, 4.69) is 0 Å². The molecule has 2 aliphatic rings. The summed E-state index contributed by atoms with van der Waals surface area (Å²) in [6, 6.07) is 0. The molecule has 1 saturated heterocycles. The smallest absolute Gasteiger partial charge is 0.306 e. The van der Waals surface area contributed by atoms with E-state index in [1.54, 1.807) is 0 Å². The molecule has 0 N–H and O–H groups in total. The lowest BCUT2D eigenvalue weighted by Crippen LogP contribution is -2.37. The van der Waals surface area contributed by atoms with Gasteiger partial charge in [-0.25, -0.2) is 0 Å². The SMILES string of the molecule is O=C1CC2(CCC2)CCO1. The molecule has 0 amide bonds. The van der Waals surface area contributed by atoms with Crippen molar-refractivity contribution in [3.63, 3.8) is 0 Å². The number of rotatable bonds is 0. The van der Waals surface area contributed by atoms with Gasteiger partial charge in [0.05, 0.1) is 13.0 Å². The normalized spacial score (nSPS) is 29.4. The van der Waals surface area contributed by atoms with Gasteiger partial charge in [0.2, 0.25) is 0 Å². The highest BCUT2D eigenvalue weighted by Crippen LogP contribution is 2.48. The first-order chi connectivity index (χ1) is 4.81. The summed E-state index contributed by atoms with van der Waals surface area (Å²) in [5, 5.41) is 0. The lowest BCUT2D eigenvalue weighted by molar-refractivity contribution is -0.156. The van der Waals surface area contributed by atoms with E-state index in [-0.39, 0.29) is 5.97 Å². The Hall–Kier alpha value is -0.530. The molecule has 0 atom stereocenters. The van der Waals surface area contributed by atoms with Crippen LogP contribution in [0, 0.1) is 5.41 Å². The third-order valence-corrected chi connectivity index (χ3v) is 2.83. The van der Waals surface area contributed by atoms with Gasteiger partial charge in [0, 0.05) is 0 Å². The zero-order valence-corrected chi connectivity index (χ0v) is 6.06. The predicted molar refractivity (Wildman–Crippen MR) is 36.5 cm³/mol. The van der Waals surface area contributed by atoms with Gasteiger partial charge in [0.15, 0.2) is 0 Å². The van der Waals surface area contributed by atoms with Crippen LogP contribution in [0.5, 0.6) is 0 Å². The molecule has 2 heteroatoms. The largest absolute Gasteiger partial charge is 0.466 e. The molecule has 0 radical (unpaired) electrons. The van der Waals surface area contributed by atoms with Crippen LogP contribution in [-0.2, 0) is 9.53 Å². The van der Waals surface area contributed by atoms with Gasteiger partial charge in [-0.2, -0.15) is 0 Å². The van der Waals surface area contributed by atoms with Crippen molar-refractivity contribution in [2.24, 2.45) is 5.41 Å². The van der Waals surface area contributed by atoms with Crippen LogP contribution in [-0.4, -0.2) is 12.6 Å². The van der Waals surface area contributed by atoms with Gasteiger partial charge in [-0.05, 0) is 24.7 Å². The van der Waals surface area contributed by atoms with Crippen molar-refractivity contribution in [2.75, 3.05) is 6.61 Å². The Bertz CT molecular complexity index is 159. The number of carbonyl (C=O) groups excluding carboxylic acids is 1. The third-order valence-electron chi connectivity index (χ3n) is 2.83. The Morgan fingerprint density at radius 3 is 2.50 bits per heavy atom. The first kappa shape index (κ1) is 6.20. The number of cyclic esters (lactones) is 1. The fourth-order valence-electron chi connectivity index (χ4n) is 1.93. The predicted octanol–water partition coefficient (Wildman–Crippen LogP) is 1.49. The Labute approximate surface area is 60.6 Å². The minimum atomic E-state index is 0.0194. The lowest BCUT2D eigenvalue weighted by Gasteiger charge is -2.43. The third kappa shape index (κ3) is 0.825. The minimum Gasteiger partial charge on any atom is -0.466 e. The van der Waals surface area contributed by atoms with Crippen molar-refractivity contribution in [3.8, 4) is 0 Å². The molecule has 10 heavy (non-hydrogen) atoms. The highest BCUT2D eigenvalue weighted by atomic mass is 16.5. The molecule has 1 heterocycles. The summed E-state index contributed by atoms with van der Waals surface area (Å²) < 4.78 is 4.87. The maximum absolute atomic E-state index is 10.8. The van der Waals surface area contributed by atoms with Gasteiger partial charge in [-0.1, -0.05) is 6.42 Å². The van der Waals surface area contributed by atoms with Gasteiger partial charge in [0.1, 0.15) is 0 Å². The molecule has 1 aliphatic heterocycles. The van der Waals surface area contributed by atoms with Crippen molar-refractivity contribution in [1.82, 2.24) is 0 Å². The summed E-state index contributed by atoms with van der Waals surface area (Å²) in [4.78, 5) is 10.8. The quantitative estimate of drug-likeness (QED) is 0.476. The van der Waals surface area contributed by atoms with Gasteiger partial charge in [-0.3, -0.25) is 4.79 Å². The molecule has 1 spiro atoms. The molecule has 1 aliphatic carbocycles. The van der Waals surface area contributed by atoms with Crippen LogP contribution < -0.4 is 0 Å². The Balaban J connectivity index is 2.02. The van der Waals surface area contributed by atoms with Gasteiger partial charge >= 0.3 is 5.97 Å². The zero-order chi connectivity index (χ0) is 7.03. The van der Waals surface area contributed by atoms with Gasteiger partial charge < -0.3 is 4.74 Å². The Kier molecular flexibility index (Phi) is 1.22. The van der Waals surface area contributed by atoms with E-state index >= 15 is 0 Å².